The molecule has 0 spiro atoms. The molecular formula is C32H53N7O10. The van der Waals surface area contributed by atoms with E-state index in [9.17, 15) is 39.6 Å². The van der Waals surface area contributed by atoms with Gasteiger partial charge in [-0.25, -0.2) is 0 Å². The average Bonchev–Trinajstić information content (AvgIpc) is 2.99. The molecule has 0 bridgehead atoms. The average molecular weight is 696 g/mol. The van der Waals surface area contributed by atoms with Crippen molar-refractivity contribution in [2.24, 2.45) is 0 Å². The number of ether oxygens (including phenoxy) is 2. The highest BCUT2D eigenvalue weighted by Crippen LogP contribution is 2.17. The van der Waals surface area contributed by atoms with Crippen LogP contribution in [-0.4, -0.2) is 205 Å². The van der Waals surface area contributed by atoms with Crippen LogP contribution in [0, 0.1) is 0 Å². The molecule has 2 aliphatic heterocycles. The molecule has 6 N–H and O–H groups in total. The minimum absolute atomic E-state index is 0.110. The lowest BCUT2D eigenvalue weighted by molar-refractivity contribution is -0.140. The Bertz CT molecular complexity index is 1060. The molecule has 0 unspecified atom stereocenters. The van der Waals surface area contributed by atoms with Crippen molar-refractivity contribution in [1.82, 2.24) is 29.4 Å². The number of carbonyl (C=O) groups is 4. The number of nitrogens with zero attached hydrogens (tertiary/aromatic N) is 6. The fraction of sp³-hybridized carbons (Fsp3) is 0.688. The molecule has 1 aromatic carbocycles. The van der Waals surface area contributed by atoms with E-state index in [0.717, 1.165) is 11.1 Å². The van der Waals surface area contributed by atoms with E-state index in [4.69, 9.17) is 15.2 Å². The second-order valence-electron chi connectivity index (χ2n) is 12.5. The predicted octanol–water partition coefficient (Wildman–Crippen LogP) is -1.52. The highest BCUT2D eigenvalue weighted by molar-refractivity contribution is 5.70. The summed E-state index contributed by atoms with van der Waals surface area (Å²) >= 11 is 0. The van der Waals surface area contributed by atoms with Crippen LogP contribution in [0.2, 0.25) is 0 Å². The van der Waals surface area contributed by atoms with Gasteiger partial charge in [0.1, 0.15) is 0 Å². The Hall–Kier alpha value is -3.42. The number of nitrogens with two attached hydrogens (primary N) is 1. The standard InChI is InChI=1S/C32H53N7O10/c33-28-18-26(20-34-1-5-36(22-29(40)41)9-13-48-14-10-37(6-2-34)23-30(42)43)17-27(19-28)21-35-3-7-38(24-31(44)45)11-15-49-16-12-39(8-4-35)25-32(46)47/h17-19H,1-16,20-25,33H2,(H,40,41)(H,42,43)(H,44,45)(H,46,47). The van der Waals surface area contributed by atoms with Gasteiger partial charge in [-0.15, -0.1) is 0 Å². The number of benzene rings is 1. The van der Waals surface area contributed by atoms with Crippen LogP contribution >= 0.6 is 0 Å². The van der Waals surface area contributed by atoms with Crippen molar-refractivity contribution in [2.75, 3.05) is 137 Å². The van der Waals surface area contributed by atoms with E-state index in [1.807, 2.05) is 31.7 Å². The van der Waals surface area contributed by atoms with Crippen molar-refractivity contribution in [2.45, 2.75) is 13.1 Å². The molecule has 276 valence electrons. The Morgan fingerprint density at radius 1 is 0.469 bits per heavy atom. The summed E-state index contributed by atoms with van der Waals surface area (Å²) in [4.78, 5) is 57.7. The van der Waals surface area contributed by atoms with Crippen LogP contribution in [0.1, 0.15) is 11.1 Å². The van der Waals surface area contributed by atoms with E-state index in [1.165, 1.54) is 0 Å². The SMILES string of the molecule is Nc1cc(CN2CCN(CC(=O)O)CCOCCN(CC(=O)O)CC2)cc(CN2CCN(CC(=O)O)CCOCCN(CC(=O)O)CC2)c1. The van der Waals surface area contributed by atoms with Crippen molar-refractivity contribution in [3.63, 3.8) is 0 Å². The van der Waals surface area contributed by atoms with Crippen molar-refractivity contribution in [3.05, 3.63) is 29.3 Å². The van der Waals surface area contributed by atoms with Crippen LogP contribution in [0.4, 0.5) is 5.69 Å². The molecule has 2 aliphatic rings. The third kappa shape index (κ3) is 17.2. The highest BCUT2D eigenvalue weighted by Gasteiger charge is 2.20. The summed E-state index contributed by atoms with van der Waals surface area (Å²) in [5, 5.41) is 37.7. The van der Waals surface area contributed by atoms with Crippen LogP contribution < -0.4 is 5.73 Å². The van der Waals surface area contributed by atoms with Gasteiger partial charge in [0.15, 0.2) is 0 Å². The van der Waals surface area contributed by atoms with Crippen molar-refractivity contribution < 1.29 is 49.1 Å². The highest BCUT2D eigenvalue weighted by atomic mass is 16.5. The van der Waals surface area contributed by atoms with Crippen molar-refractivity contribution >= 4 is 29.6 Å². The van der Waals surface area contributed by atoms with Crippen LogP contribution in [0.5, 0.6) is 0 Å². The molecular weight excluding hydrogens is 642 g/mol. The zero-order chi connectivity index (χ0) is 35.6. The minimum atomic E-state index is -0.918. The maximum absolute atomic E-state index is 11.5. The van der Waals surface area contributed by atoms with Gasteiger partial charge in [0.25, 0.3) is 0 Å². The Kier molecular flexibility index (Phi) is 17.7. The predicted molar refractivity (Wildman–Crippen MR) is 179 cm³/mol. The van der Waals surface area contributed by atoms with Crippen LogP contribution in [0.25, 0.3) is 0 Å². The van der Waals surface area contributed by atoms with Gasteiger partial charge in [0.05, 0.1) is 52.6 Å². The summed E-state index contributed by atoms with van der Waals surface area (Å²) in [6.07, 6.45) is 0. The fourth-order valence-electron chi connectivity index (χ4n) is 5.99. The molecule has 17 nitrogen and oxygen atoms in total. The van der Waals surface area contributed by atoms with Gasteiger partial charge in [-0.2, -0.15) is 0 Å². The van der Waals surface area contributed by atoms with E-state index in [1.54, 1.807) is 0 Å². The molecule has 0 aromatic heterocycles. The Morgan fingerprint density at radius 3 is 1.00 bits per heavy atom. The lowest BCUT2D eigenvalue weighted by Gasteiger charge is -2.31. The van der Waals surface area contributed by atoms with Gasteiger partial charge < -0.3 is 35.6 Å². The summed E-state index contributed by atoms with van der Waals surface area (Å²) in [6, 6.07) is 5.87. The summed E-state index contributed by atoms with van der Waals surface area (Å²) in [5.74, 6) is -3.67. The molecule has 0 saturated carbocycles. The molecule has 2 fully saturated rings. The first-order chi connectivity index (χ1) is 23.4. The molecule has 0 radical (unpaired) electrons. The molecule has 0 amide bonds. The Morgan fingerprint density at radius 2 is 0.735 bits per heavy atom. The normalized spacial score (nSPS) is 20.3. The summed E-state index contributed by atoms with van der Waals surface area (Å²) in [5.41, 5.74) is 8.87. The molecule has 0 atom stereocenters. The van der Waals surface area contributed by atoms with E-state index in [0.29, 0.717) is 124 Å². The molecule has 2 heterocycles. The van der Waals surface area contributed by atoms with Gasteiger partial charge in [-0.1, -0.05) is 6.07 Å². The number of hydrogen-bond acceptors (Lipinski definition) is 13. The third-order valence-corrected chi connectivity index (χ3v) is 8.46. The number of carboxylic acids is 4. The van der Waals surface area contributed by atoms with Crippen molar-refractivity contribution in [1.29, 1.82) is 0 Å². The zero-order valence-corrected chi connectivity index (χ0v) is 28.3. The van der Waals surface area contributed by atoms with Gasteiger partial charge in [0.2, 0.25) is 0 Å². The fourth-order valence-corrected chi connectivity index (χ4v) is 5.99. The number of hydrogen-bond donors (Lipinski definition) is 5. The molecule has 1 aromatic rings. The van der Waals surface area contributed by atoms with E-state index in [2.05, 4.69) is 15.9 Å². The topological polar surface area (TPSA) is 213 Å². The van der Waals surface area contributed by atoms with Gasteiger partial charge in [-0.3, -0.25) is 48.6 Å². The molecule has 17 heteroatoms. The van der Waals surface area contributed by atoms with E-state index in [-0.39, 0.29) is 26.2 Å². The second kappa shape index (κ2) is 21.6. The van der Waals surface area contributed by atoms with Crippen LogP contribution in [-0.2, 0) is 41.7 Å². The van der Waals surface area contributed by atoms with Gasteiger partial charge in [0, 0.05) is 97.3 Å². The van der Waals surface area contributed by atoms with Crippen LogP contribution in [0.15, 0.2) is 18.2 Å². The Labute approximate surface area is 287 Å². The first kappa shape index (κ1) is 40.0. The zero-order valence-electron chi connectivity index (χ0n) is 28.3. The third-order valence-electron chi connectivity index (χ3n) is 8.46. The van der Waals surface area contributed by atoms with E-state index >= 15 is 0 Å². The first-order valence-electron chi connectivity index (χ1n) is 16.7. The number of rotatable bonds is 12. The number of anilines is 1. The maximum atomic E-state index is 11.5. The maximum Gasteiger partial charge on any atom is 0.317 e. The quantitative estimate of drug-likeness (QED) is 0.157. The smallest absolute Gasteiger partial charge is 0.317 e. The number of aliphatic carboxylic acids is 4. The Balaban J connectivity index is 1.78. The monoisotopic (exact) mass is 695 g/mol. The molecule has 0 aliphatic carbocycles. The number of carboxylic acid groups (broad SMARTS) is 4. The number of nitrogen functional groups attached to an aromatic ring is 1. The summed E-state index contributed by atoms with van der Waals surface area (Å²) < 4.78 is 11.3. The lowest BCUT2D eigenvalue weighted by atomic mass is 10.1. The largest absolute Gasteiger partial charge is 0.480 e. The summed E-state index contributed by atoms with van der Waals surface area (Å²) in [7, 11) is 0. The summed E-state index contributed by atoms with van der Waals surface area (Å²) in [6.45, 7) is 7.88. The second-order valence-corrected chi connectivity index (χ2v) is 12.5. The molecule has 2 saturated heterocycles. The molecule has 49 heavy (non-hydrogen) atoms. The van der Waals surface area contributed by atoms with Crippen LogP contribution in [0.3, 0.4) is 0 Å². The molecule has 3 rings (SSSR count). The van der Waals surface area contributed by atoms with Gasteiger partial charge in [-0.05, 0) is 23.3 Å². The van der Waals surface area contributed by atoms with Gasteiger partial charge >= 0.3 is 23.9 Å². The minimum Gasteiger partial charge on any atom is -0.480 e. The van der Waals surface area contributed by atoms with Crippen molar-refractivity contribution in [3.8, 4) is 0 Å². The lowest BCUT2D eigenvalue weighted by Crippen LogP contribution is -2.44. The first-order valence-corrected chi connectivity index (χ1v) is 16.7. The van der Waals surface area contributed by atoms with E-state index < -0.39 is 23.9 Å².